The second-order valence-corrected chi connectivity index (χ2v) is 6.92. The summed E-state index contributed by atoms with van der Waals surface area (Å²) in [7, 11) is 1.51. The predicted molar refractivity (Wildman–Crippen MR) is 104 cm³/mol. The van der Waals surface area contributed by atoms with Gasteiger partial charge in [-0.1, -0.05) is 35.3 Å². The average molecular weight is 406 g/mol. The standard InChI is InChI=1S/C20H17Cl2NO4/c1-27-10-9-23-17(13-3-2-4-15(22)11-13)16(19(25)20(23)26)18(24)12-5-7-14(21)8-6-12/h2-8,11,17,24H,9-10H2,1H3/t17-/m0/s1. The van der Waals surface area contributed by atoms with Crippen molar-refractivity contribution in [1.29, 1.82) is 0 Å². The summed E-state index contributed by atoms with van der Waals surface area (Å²) in [5, 5.41) is 11.8. The number of methoxy groups -OCH3 is 1. The Morgan fingerprint density at radius 2 is 1.81 bits per heavy atom. The second-order valence-electron chi connectivity index (χ2n) is 6.05. The highest BCUT2D eigenvalue weighted by Gasteiger charge is 2.45. The zero-order valence-electron chi connectivity index (χ0n) is 14.5. The monoisotopic (exact) mass is 405 g/mol. The molecule has 27 heavy (non-hydrogen) atoms. The smallest absolute Gasteiger partial charge is 0.295 e. The van der Waals surface area contributed by atoms with Gasteiger partial charge < -0.3 is 14.7 Å². The van der Waals surface area contributed by atoms with Crippen LogP contribution < -0.4 is 0 Å². The molecule has 2 aromatic carbocycles. The highest BCUT2D eigenvalue weighted by molar-refractivity contribution is 6.46. The largest absolute Gasteiger partial charge is 0.507 e. The molecule has 2 aromatic rings. The van der Waals surface area contributed by atoms with Crippen LogP contribution in [-0.2, 0) is 14.3 Å². The third-order valence-corrected chi connectivity index (χ3v) is 4.85. The predicted octanol–water partition coefficient (Wildman–Crippen LogP) is 4.06. The summed E-state index contributed by atoms with van der Waals surface area (Å²) in [6.07, 6.45) is 0. The van der Waals surface area contributed by atoms with Gasteiger partial charge in [-0.05, 0) is 42.0 Å². The van der Waals surface area contributed by atoms with Crippen LogP contribution in [0.4, 0.5) is 0 Å². The maximum atomic E-state index is 12.7. The van der Waals surface area contributed by atoms with E-state index < -0.39 is 17.7 Å². The Morgan fingerprint density at radius 3 is 2.44 bits per heavy atom. The molecule has 1 N–H and O–H groups in total. The molecule has 0 aliphatic carbocycles. The van der Waals surface area contributed by atoms with Crippen LogP contribution in [0.1, 0.15) is 17.2 Å². The molecule has 1 atom stereocenters. The van der Waals surface area contributed by atoms with E-state index in [-0.39, 0.29) is 24.5 Å². The number of likely N-dealkylation sites (tertiary alicyclic amines) is 1. The van der Waals surface area contributed by atoms with Crippen molar-refractivity contribution in [3.63, 3.8) is 0 Å². The zero-order valence-corrected chi connectivity index (χ0v) is 16.0. The van der Waals surface area contributed by atoms with Crippen LogP contribution in [0.25, 0.3) is 5.76 Å². The number of ether oxygens (including phenoxy) is 1. The van der Waals surface area contributed by atoms with Crippen molar-refractivity contribution >= 4 is 40.7 Å². The van der Waals surface area contributed by atoms with Crippen molar-refractivity contribution in [3.05, 3.63) is 75.3 Å². The number of hydrogen-bond donors (Lipinski definition) is 1. The number of aliphatic hydroxyl groups excluding tert-OH is 1. The van der Waals surface area contributed by atoms with Crippen molar-refractivity contribution in [2.75, 3.05) is 20.3 Å². The van der Waals surface area contributed by atoms with Crippen LogP contribution in [0.3, 0.4) is 0 Å². The minimum absolute atomic E-state index is 0.0145. The van der Waals surface area contributed by atoms with Gasteiger partial charge in [0.05, 0.1) is 18.2 Å². The van der Waals surface area contributed by atoms with Crippen LogP contribution in [0.2, 0.25) is 10.0 Å². The molecule has 0 unspecified atom stereocenters. The van der Waals surface area contributed by atoms with E-state index in [1.54, 1.807) is 48.5 Å². The lowest BCUT2D eigenvalue weighted by molar-refractivity contribution is -0.140. The Labute approximate surface area is 166 Å². The first-order chi connectivity index (χ1) is 12.9. The Bertz CT molecular complexity index is 908. The number of rotatable bonds is 5. The van der Waals surface area contributed by atoms with Gasteiger partial charge in [-0.15, -0.1) is 0 Å². The van der Waals surface area contributed by atoms with E-state index in [4.69, 9.17) is 27.9 Å². The van der Waals surface area contributed by atoms with E-state index in [1.807, 2.05) is 0 Å². The topological polar surface area (TPSA) is 66.8 Å². The van der Waals surface area contributed by atoms with Crippen LogP contribution in [0, 0.1) is 0 Å². The van der Waals surface area contributed by atoms with Crippen molar-refractivity contribution in [1.82, 2.24) is 4.90 Å². The van der Waals surface area contributed by atoms with Crippen LogP contribution >= 0.6 is 23.2 Å². The minimum atomic E-state index is -0.755. The normalized spacial score (nSPS) is 18.9. The number of Topliss-reactive ketones (excluding diaryl/α,β-unsaturated/α-hetero) is 1. The quantitative estimate of drug-likeness (QED) is 0.462. The lowest BCUT2D eigenvalue weighted by Crippen LogP contribution is -2.32. The summed E-state index contributed by atoms with van der Waals surface area (Å²) in [5.74, 6) is -1.69. The first-order valence-electron chi connectivity index (χ1n) is 8.22. The van der Waals surface area contributed by atoms with Gasteiger partial charge in [0.1, 0.15) is 5.76 Å². The van der Waals surface area contributed by atoms with Gasteiger partial charge in [0.15, 0.2) is 0 Å². The molecule has 0 spiro atoms. The number of nitrogens with zero attached hydrogens (tertiary/aromatic N) is 1. The molecule has 1 heterocycles. The molecule has 1 aliphatic rings. The number of aliphatic hydroxyl groups is 1. The van der Waals surface area contributed by atoms with E-state index in [9.17, 15) is 14.7 Å². The fourth-order valence-corrected chi connectivity index (χ4v) is 3.41. The zero-order chi connectivity index (χ0) is 19.6. The molecule has 0 aromatic heterocycles. The Hall–Kier alpha value is -2.34. The average Bonchev–Trinajstić information content (AvgIpc) is 2.91. The fourth-order valence-electron chi connectivity index (χ4n) is 3.09. The molecule has 3 rings (SSSR count). The van der Waals surface area contributed by atoms with Gasteiger partial charge in [0, 0.05) is 29.3 Å². The number of ketones is 1. The van der Waals surface area contributed by atoms with Crippen molar-refractivity contribution in [3.8, 4) is 0 Å². The first-order valence-corrected chi connectivity index (χ1v) is 8.98. The molecule has 1 amide bonds. The molecule has 0 saturated carbocycles. The van der Waals surface area contributed by atoms with E-state index in [1.165, 1.54) is 12.0 Å². The van der Waals surface area contributed by atoms with Crippen molar-refractivity contribution < 1.29 is 19.4 Å². The SMILES string of the molecule is COCCN1C(=O)C(=O)C(=C(O)c2ccc(Cl)cc2)[C@@H]1c1cccc(Cl)c1. The van der Waals surface area contributed by atoms with Crippen LogP contribution in [-0.4, -0.2) is 42.0 Å². The molecule has 140 valence electrons. The number of amides is 1. The number of carbonyl (C=O) groups is 2. The van der Waals surface area contributed by atoms with Crippen molar-refractivity contribution in [2.24, 2.45) is 0 Å². The highest BCUT2D eigenvalue weighted by atomic mass is 35.5. The van der Waals surface area contributed by atoms with Gasteiger partial charge in [0.2, 0.25) is 0 Å². The van der Waals surface area contributed by atoms with Gasteiger partial charge in [-0.3, -0.25) is 9.59 Å². The molecule has 1 fully saturated rings. The van der Waals surface area contributed by atoms with Crippen LogP contribution in [0.15, 0.2) is 54.1 Å². The maximum Gasteiger partial charge on any atom is 0.295 e. The van der Waals surface area contributed by atoms with E-state index in [0.29, 0.717) is 21.2 Å². The minimum Gasteiger partial charge on any atom is -0.507 e. The molecule has 7 heteroatoms. The molecule has 1 saturated heterocycles. The molecular weight excluding hydrogens is 389 g/mol. The third-order valence-electron chi connectivity index (χ3n) is 4.36. The molecular formula is C20H17Cl2NO4. The van der Waals surface area contributed by atoms with Gasteiger partial charge in [-0.2, -0.15) is 0 Å². The first kappa shape index (κ1) is 19.4. The number of benzene rings is 2. The number of carbonyl (C=O) groups excluding carboxylic acids is 2. The second kappa shape index (κ2) is 8.13. The highest BCUT2D eigenvalue weighted by Crippen LogP contribution is 2.39. The summed E-state index contributed by atoms with van der Waals surface area (Å²) < 4.78 is 5.06. The van der Waals surface area contributed by atoms with Gasteiger partial charge >= 0.3 is 0 Å². The number of halogens is 2. The molecule has 0 radical (unpaired) electrons. The summed E-state index contributed by atoms with van der Waals surface area (Å²) in [5.41, 5.74) is 1.05. The Kier molecular flexibility index (Phi) is 5.85. The number of hydrogen-bond acceptors (Lipinski definition) is 4. The van der Waals surface area contributed by atoms with Crippen molar-refractivity contribution in [2.45, 2.75) is 6.04 Å². The summed E-state index contributed by atoms with van der Waals surface area (Å²) in [6.45, 7) is 0.459. The van der Waals surface area contributed by atoms with E-state index >= 15 is 0 Å². The molecule has 5 nitrogen and oxygen atoms in total. The summed E-state index contributed by atoms with van der Waals surface area (Å²) >= 11 is 12.0. The van der Waals surface area contributed by atoms with Crippen LogP contribution in [0.5, 0.6) is 0 Å². The third kappa shape index (κ3) is 3.86. The summed E-state index contributed by atoms with van der Waals surface area (Å²) in [4.78, 5) is 26.7. The van der Waals surface area contributed by atoms with Gasteiger partial charge in [-0.25, -0.2) is 0 Å². The van der Waals surface area contributed by atoms with E-state index in [0.717, 1.165) is 0 Å². The lowest BCUT2D eigenvalue weighted by atomic mass is 9.95. The Morgan fingerprint density at radius 1 is 1.11 bits per heavy atom. The Balaban J connectivity index is 2.16. The summed E-state index contributed by atoms with van der Waals surface area (Å²) in [6, 6.07) is 12.5. The molecule has 1 aliphatic heterocycles. The van der Waals surface area contributed by atoms with Gasteiger partial charge in [0.25, 0.3) is 11.7 Å². The fraction of sp³-hybridized carbons (Fsp3) is 0.200. The molecule has 0 bridgehead atoms. The lowest BCUT2D eigenvalue weighted by Gasteiger charge is -2.25. The van der Waals surface area contributed by atoms with E-state index in [2.05, 4.69) is 0 Å². The maximum absolute atomic E-state index is 12.7.